The molecule has 2 aliphatic rings. The summed E-state index contributed by atoms with van der Waals surface area (Å²) in [6.07, 6.45) is 1.28. The summed E-state index contributed by atoms with van der Waals surface area (Å²) in [5.74, 6) is -1.85. The van der Waals surface area contributed by atoms with Gasteiger partial charge in [-0.2, -0.15) is 0 Å². The van der Waals surface area contributed by atoms with Gasteiger partial charge >= 0.3 is 0 Å². The van der Waals surface area contributed by atoms with E-state index in [9.17, 15) is 14.4 Å². The molecule has 0 saturated heterocycles. The molecule has 1 aromatic carbocycles. The summed E-state index contributed by atoms with van der Waals surface area (Å²) in [5.41, 5.74) is -0.0307. The molecule has 1 aliphatic heterocycles. The number of nitrogens with one attached hydrogen (secondary N) is 1. The highest BCUT2D eigenvalue weighted by Crippen LogP contribution is 2.16. The average Bonchev–Trinajstić information content (AvgIpc) is 2.28. The predicted molar refractivity (Wildman–Crippen MR) is 57.6 cm³/mol. The second kappa shape index (κ2) is 3.05. The van der Waals surface area contributed by atoms with Crippen LogP contribution in [0.4, 0.5) is 0 Å². The fourth-order valence-electron chi connectivity index (χ4n) is 1.83. The third-order valence-electron chi connectivity index (χ3n) is 2.53. The topological polar surface area (TPSA) is 63.2 Å². The number of hydrogen-bond donors (Lipinski definition) is 1. The Morgan fingerprint density at radius 3 is 2.75 bits per heavy atom. The Morgan fingerprint density at radius 2 is 1.94 bits per heavy atom. The Hall–Kier alpha value is -1.88. The lowest BCUT2D eigenvalue weighted by molar-refractivity contribution is -0.130. The number of amides is 1. The standard InChI is InChI=1S/C11H5NO3S/c13-6-4-5-2-1-3-7-8(5)9(10(6)14)11(15)12-16-7/h1-4H,(H,12,15). The maximum Gasteiger partial charge on any atom is 0.266 e. The van der Waals surface area contributed by atoms with Crippen molar-refractivity contribution in [3.63, 3.8) is 0 Å². The van der Waals surface area contributed by atoms with Crippen molar-refractivity contribution in [1.82, 2.24) is 4.72 Å². The van der Waals surface area contributed by atoms with Crippen LogP contribution in [-0.2, 0) is 14.4 Å². The van der Waals surface area contributed by atoms with Crippen molar-refractivity contribution < 1.29 is 14.4 Å². The van der Waals surface area contributed by atoms with Crippen molar-refractivity contribution >= 4 is 41.1 Å². The van der Waals surface area contributed by atoms with Gasteiger partial charge in [0.25, 0.3) is 5.91 Å². The quantitative estimate of drug-likeness (QED) is 0.455. The first-order valence-corrected chi connectivity index (χ1v) is 5.41. The van der Waals surface area contributed by atoms with E-state index in [1.54, 1.807) is 18.2 Å². The zero-order chi connectivity index (χ0) is 11.3. The van der Waals surface area contributed by atoms with E-state index in [-0.39, 0.29) is 5.57 Å². The molecule has 0 unspecified atom stereocenters. The summed E-state index contributed by atoms with van der Waals surface area (Å²) in [7, 11) is 0. The fourth-order valence-corrected chi connectivity index (χ4v) is 2.61. The van der Waals surface area contributed by atoms with Gasteiger partial charge < -0.3 is 0 Å². The van der Waals surface area contributed by atoms with Crippen LogP contribution in [0.2, 0.25) is 0 Å². The van der Waals surface area contributed by atoms with Crippen molar-refractivity contribution in [3.8, 4) is 0 Å². The minimum Gasteiger partial charge on any atom is -0.292 e. The van der Waals surface area contributed by atoms with E-state index in [2.05, 4.69) is 4.72 Å². The molecule has 0 fully saturated rings. The number of hydrogen-bond acceptors (Lipinski definition) is 4. The monoisotopic (exact) mass is 231 g/mol. The Labute approximate surface area is 94.2 Å². The van der Waals surface area contributed by atoms with Gasteiger partial charge in [-0.25, -0.2) is 0 Å². The van der Waals surface area contributed by atoms with E-state index in [0.29, 0.717) is 10.4 Å². The minimum absolute atomic E-state index is 0.0307. The Kier molecular flexibility index (Phi) is 1.79. The molecule has 0 saturated carbocycles. The molecule has 1 N–H and O–H groups in total. The number of benzene rings is 1. The van der Waals surface area contributed by atoms with Crippen LogP contribution in [0.25, 0.3) is 11.6 Å². The summed E-state index contributed by atoms with van der Waals surface area (Å²) >= 11 is 1.16. The number of Topliss-reactive ketones (excluding diaryl/α,β-unsaturated/α-hetero) is 2. The maximum absolute atomic E-state index is 11.6. The second-order valence-corrected chi connectivity index (χ2v) is 4.31. The largest absolute Gasteiger partial charge is 0.292 e. The second-order valence-electron chi connectivity index (χ2n) is 3.47. The highest BCUT2D eigenvalue weighted by Gasteiger charge is 2.31. The normalized spacial score (nSPS) is 17.8. The van der Waals surface area contributed by atoms with Crippen molar-refractivity contribution in [1.29, 1.82) is 0 Å². The molecule has 5 heteroatoms. The Balaban J connectivity index is 2.59. The van der Waals surface area contributed by atoms with Crippen LogP contribution in [0.1, 0.15) is 0 Å². The first-order valence-electron chi connectivity index (χ1n) is 4.59. The van der Waals surface area contributed by atoms with Crippen LogP contribution >= 0.6 is 11.9 Å². The molecule has 16 heavy (non-hydrogen) atoms. The van der Waals surface area contributed by atoms with E-state index in [1.807, 2.05) is 0 Å². The van der Waals surface area contributed by atoms with Crippen molar-refractivity contribution in [2.24, 2.45) is 0 Å². The van der Waals surface area contributed by atoms with Gasteiger partial charge in [-0.15, -0.1) is 0 Å². The van der Waals surface area contributed by atoms with Crippen LogP contribution < -0.4 is 15.2 Å². The molecule has 0 spiro atoms. The molecule has 1 heterocycles. The average molecular weight is 231 g/mol. The summed E-state index contributed by atoms with van der Waals surface area (Å²) in [6, 6.07) is 5.32. The molecular weight excluding hydrogens is 226 g/mol. The van der Waals surface area contributed by atoms with Gasteiger partial charge in [0.15, 0.2) is 0 Å². The van der Waals surface area contributed by atoms with Crippen molar-refractivity contribution in [2.75, 3.05) is 0 Å². The highest BCUT2D eigenvalue weighted by molar-refractivity contribution is 7.98. The van der Waals surface area contributed by atoms with Crippen LogP contribution in [-0.4, -0.2) is 17.5 Å². The number of ketones is 2. The van der Waals surface area contributed by atoms with Gasteiger partial charge in [0.2, 0.25) is 11.6 Å². The third kappa shape index (κ3) is 1.09. The lowest BCUT2D eigenvalue weighted by Gasteiger charge is -2.16. The van der Waals surface area contributed by atoms with Gasteiger partial charge in [-0.1, -0.05) is 12.1 Å². The lowest BCUT2D eigenvalue weighted by Crippen LogP contribution is -2.46. The van der Waals surface area contributed by atoms with Gasteiger partial charge in [0.05, 0.1) is 0 Å². The molecule has 1 aromatic rings. The Bertz CT molecular complexity index is 675. The number of carbonyl (C=O) groups excluding carboxylic acids is 3. The minimum atomic E-state index is -0.724. The molecule has 78 valence electrons. The highest BCUT2D eigenvalue weighted by atomic mass is 32.2. The predicted octanol–water partition coefficient (Wildman–Crippen LogP) is -1.09. The van der Waals surface area contributed by atoms with E-state index < -0.39 is 17.5 Å². The van der Waals surface area contributed by atoms with Crippen LogP contribution in [0.5, 0.6) is 0 Å². The van der Waals surface area contributed by atoms with Gasteiger partial charge in [0, 0.05) is 10.1 Å². The molecule has 0 radical (unpaired) electrons. The summed E-state index contributed by atoms with van der Waals surface area (Å²) in [6.45, 7) is 0. The molecule has 0 bridgehead atoms. The molecular formula is C11H5NO3S. The van der Waals surface area contributed by atoms with Crippen molar-refractivity contribution in [2.45, 2.75) is 4.90 Å². The number of rotatable bonds is 0. The van der Waals surface area contributed by atoms with Crippen LogP contribution in [0, 0.1) is 0 Å². The van der Waals surface area contributed by atoms with Crippen LogP contribution in [0.15, 0.2) is 23.1 Å². The van der Waals surface area contributed by atoms with E-state index in [1.165, 1.54) is 6.08 Å². The van der Waals surface area contributed by atoms with E-state index in [0.717, 1.165) is 16.8 Å². The lowest BCUT2D eigenvalue weighted by atomic mass is 9.97. The first kappa shape index (κ1) is 9.35. The van der Waals surface area contributed by atoms with Gasteiger partial charge in [0.1, 0.15) is 5.57 Å². The zero-order valence-electron chi connectivity index (χ0n) is 7.94. The first-order chi connectivity index (χ1) is 7.68. The molecule has 1 amide bonds. The summed E-state index contributed by atoms with van der Waals surface area (Å²) < 4.78 is 2.51. The number of carbonyl (C=O) groups is 3. The van der Waals surface area contributed by atoms with Crippen LogP contribution in [0.3, 0.4) is 0 Å². The molecule has 3 rings (SSSR count). The summed E-state index contributed by atoms with van der Waals surface area (Å²) in [4.78, 5) is 35.4. The zero-order valence-corrected chi connectivity index (χ0v) is 8.76. The van der Waals surface area contributed by atoms with Gasteiger partial charge in [-0.05, 0) is 29.3 Å². The summed E-state index contributed by atoms with van der Waals surface area (Å²) in [5, 5.41) is 1.22. The molecule has 1 aliphatic carbocycles. The van der Waals surface area contributed by atoms with Crippen molar-refractivity contribution in [3.05, 3.63) is 28.6 Å². The Morgan fingerprint density at radius 1 is 1.12 bits per heavy atom. The maximum atomic E-state index is 11.6. The molecule has 0 atom stereocenters. The molecule has 4 nitrogen and oxygen atoms in total. The molecule has 0 aromatic heterocycles. The fraction of sp³-hybridized carbons (Fsp3) is 0. The van der Waals surface area contributed by atoms with E-state index in [4.69, 9.17) is 0 Å². The van der Waals surface area contributed by atoms with Gasteiger partial charge in [-0.3, -0.25) is 19.1 Å². The SMILES string of the molecule is O=C1C=c2cccc3c2=C(C(=O)NS3)C1=O. The third-order valence-corrected chi connectivity index (χ3v) is 3.37. The smallest absolute Gasteiger partial charge is 0.266 e. The van der Waals surface area contributed by atoms with E-state index >= 15 is 0 Å².